The average molecular weight is 320 g/mol. The molecule has 0 spiro atoms. The van der Waals surface area contributed by atoms with Gasteiger partial charge in [-0.25, -0.2) is 4.39 Å². The number of ether oxygens (including phenoxy) is 2. The fraction of sp³-hybridized carbons (Fsp3) is 0.389. The summed E-state index contributed by atoms with van der Waals surface area (Å²) in [7, 11) is 0. The van der Waals surface area contributed by atoms with Gasteiger partial charge in [-0.05, 0) is 38.1 Å². The zero-order chi connectivity index (χ0) is 16.7. The molecule has 2 rings (SSSR count). The number of rotatable bonds is 8. The molecule has 0 aliphatic carbocycles. The minimum absolute atomic E-state index is 0.119. The first-order valence-electron chi connectivity index (χ1n) is 7.67. The number of furan rings is 1. The van der Waals surface area contributed by atoms with Gasteiger partial charge in [-0.15, -0.1) is 0 Å². The van der Waals surface area contributed by atoms with Crippen molar-refractivity contribution in [3.8, 4) is 11.3 Å². The maximum absolute atomic E-state index is 13.7. The molecule has 0 bridgehead atoms. The summed E-state index contributed by atoms with van der Waals surface area (Å²) in [5, 5.41) is 0. The molecule has 0 fully saturated rings. The van der Waals surface area contributed by atoms with E-state index in [0.717, 1.165) is 0 Å². The lowest BCUT2D eigenvalue weighted by atomic mass is 10.1. The topological polar surface area (TPSA) is 48.7 Å². The van der Waals surface area contributed by atoms with E-state index in [4.69, 9.17) is 13.9 Å². The highest BCUT2D eigenvalue weighted by Gasteiger charge is 2.11. The van der Waals surface area contributed by atoms with E-state index >= 15 is 0 Å². The third-order valence-corrected chi connectivity index (χ3v) is 3.17. The van der Waals surface area contributed by atoms with Crippen molar-refractivity contribution in [3.05, 3.63) is 48.0 Å². The largest absolute Gasteiger partial charge is 0.463 e. The number of carbonyl (C=O) groups excluding carboxylic acids is 1. The third-order valence-electron chi connectivity index (χ3n) is 3.17. The van der Waals surface area contributed by atoms with Crippen LogP contribution in [-0.4, -0.2) is 25.3 Å². The Labute approximate surface area is 135 Å². The molecule has 124 valence electrons. The van der Waals surface area contributed by atoms with Gasteiger partial charge in [0.05, 0.1) is 24.7 Å². The highest BCUT2D eigenvalue weighted by molar-refractivity contribution is 5.69. The third kappa shape index (κ3) is 5.53. The second-order valence-electron chi connectivity index (χ2n) is 5.39. The van der Waals surface area contributed by atoms with E-state index in [1.165, 1.54) is 6.07 Å². The number of benzene rings is 1. The maximum atomic E-state index is 13.7. The predicted octanol–water partition coefficient (Wildman–Crippen LogP) is 3.99. The molecular weight excluding hydrogens is 299 g/mol. The van der Waals surface area contributed by atoms with Gasteiger partial charge in [0.15, 0.2) is 0 Å². The van der Waals surface area contributed by atoms with Crippen LogP contribution in [0.25, 0.3) is 11.3 Å². The number of halogens is 1. The van der Waals surface area contributed by atoms with Crippen LogP contribution in [0.15, 0.2) is 40.8 Å². The van der Waals surface area contributed by atoms with Crippen molar-refractivity contribution < 1.29 is 23.1 Å². The van der Waals surface area contributed by atoms with Crippen LogP contribution in [0, 0.1) is 5.82 Å². The number of hydrogen-bond donors (Lipinski definition) is 0. The van der Waals surface area contributed by atoms with E-state index in [1.54, 1.807) is 30.3 Å². The molecule has 1 aromatic carbocycles. The first-order valence-corrected chi connectivity index (χ1v) is 7.67. The van der Waals surface area contributed by atoms with Crippen LogP contribution in [0.1, 0.15) is 26.0 Å². The van der Waals surface area contributed by atoms with E-state index in [9.17, 15) is 9.18 Å². The number of esters is 1. The van der Waals surface area contributed by atoms with Gasteiger partial charge in [-0.1, -0.05) is 12.1 Å². The lowest BCUT2D eigenvalue weighted by Crippen LogP contribution is -2.13. The lowest BCUT2D eigenvalue weighted by Gasteiger charge is -2.07. The Bertz CT molecular complexity index is 633. The fourth-order valence-electron chi connectivity index (χ4n) is 2.05. The van der Waals surface area contributed by atoms with Crippen molar-refractivity contribution in [1.29, 1.82) is 0 Å². The molecule has 0 N–H and O–H groups in total. The summed E-state index contributed by atoms with van der Waals surface area (Å²) in [5.41, 5.74) is 0.409. The van der Waals surface area contributed by atoms with Crippen LogP contribution in [0.3, 0.4) is 0 Å². The molecule has 0 radical (unpaired) electrons. The Hall–Kier alpha value is -2.14. The molecule has 0 amide bonds. The second kappa shape index (κ2) is 8.48. The van der Waals surface area contributed by atoms with E-state index in [-0.39, 0.29) is 30.9 Å². The van der Waals surface area contributed by atoms with Gasteiger partial charge < -0.3 is 13.9 Å². The molecular formula is C18H21FO4. The van der Waals surface area contributed by atoms with Crippen LogP contribution in [0.2, 0.25) is 0 Å². The Morgan fingerprint density at radius 3 is 2.70 bits per heavy atom. The Morgan fingerprint density at radius 2 is 1.96 bits per heavy atom. The van der Waals surface area contributed by atoms with E-state index in [2.05, 4.69) is 0 Å². The molecule has 0 aliphatic rings. The Morgan fingerprint density at radius 1 is 1.17 bits per heavy atom. The highest BCUT2D eigenvalue weighted by atomic mass is 19.1. The monoisotopic (exact) mass is 320 g/mol. The standard InChI is InChI=1S/C18H21FO4/c1-13(2)21-11-12-22-18(20)10-8-14-7-9-17(23-14)15-5-3-4-6-16(15)19/h3-7,9,13H,8,10-12H2,1-2H3. The molecule has 1 aromatic heterocycles. The molecule has 5 heteroatoms. The summed E-state index contributed by atoms with van der Waals surface area (Å²) in [6.07, 6.45) is 0.748. The van der Waals surface area contributed by atoms with E-state index in [1.807, 2.05) is 13.8 Å². The predicted molar refractivity (Wildman–Crippen MR) is 84.5 cm³/mol. The van der Waals surface area contributed by atoms with Crippen molar-refractivity contribution in [3.63, 3.8) is 0 Å². The molecule has 23 heavy (non-hydrogen) atoms. The molecule has 0 saturated carbocycles. The SMILES string of the molecule is CC(C)OCCOC(=O)CCc1ccc(-c2ccccc2F)o1. The summed E-state index contributed by atoms with van der Waals surface area (Å²) < 4.78 is 29.6. The molecule has 0 aliphatic heterocycles. The van der Waals surface area contributed by atoms with Gasteiger partial charge >= 0.3 is 5.97 Å². The molecule has 4 nitrogen and oxygen atoms in total. The average Bonchev–Trinajstić information content (AvgIpc) is 2.98. The summed E-state index contributed by atoms with van der Waals surface area (Å²) in [6.45, 7) is 4.48. The normalized spacial score (nSPS) is 11.0. The van der Waals surface area contributed by atoms with Crippen LogP contribution in [0.4, 0.5) is 4.39 Å². The number of carbonyl (C=O) groups is 1. The molecule has 2 aromatic rings. The van der Waals surface area contributed by atoms with Gasteiger partial charge in [0.25, 0.3) is 0 Å². The fourth-order valence-corrected chi connectivity index (χ4v) is 2.05. The first kappa shape index (κ1) is 17.2. The molecule has 0 atom stereocenters. The first-order chi connectivity index (χ1) is 11.1. The summed E-state index contributed by atoms with van der Waals surface area (Å²) >= 11 is 0. The van der Waals surface area contributed by atoms with Crippen molar-refractivity contribution >= 4 is 5.97 Å². The van der Waals surface area contributed by atoms with Crippen LogP contribution in [0.5, 0.6) is 0 Å². The summed E-state index contributed by atoms with van der Waals surface area (Å²) in [5.74, 6) is 0.439. The van der Waals surface area contributed by atoms with Gasteiger partial charge in [0.2, 0.25) is 0 Å². The Balaban J connectivity index is 1.79. The zero-order valence-corrected chi connectivity index (χ0v) is 13.4. The van der Waals surface area contributed by atoms with Crippen molar-refractivity contribution in [2.75, 3.05) is 13.2 Å². The van der Waals surface area contributed by atoms with E-state index < -0.39 is 0 Å². The van der Waals surface area contributed by atoms with Crippen molar-refractivity contribution in [2.24, 2.45) is 0 Å². The van der Waals surface area contributed by atoms with Crippen LogP contribution in [-0.2, 0) is 20.7 Å². The number of hydrogen-bond acceptors (Lipinski definition) is 4. The van der Waals surface area contributed by atoms with Crippen molar-refractivity contribution in [1.82, 2.24) is 0 Å². The maximum Gasteiger partial charge on any atom is 0.306 e. The summed E-state index contributed by atoms with van der Waals surface area (Å²) in [6, 6.07) is 9.86. The minimum Gasteiger partial charge on any atom is -0.463 e. The molecule has 0 saturated heterocycles. The summed E-state index contributed by atoms with van der Waals surface area (Å²) in [4.78, 5) is 11.6. The van der Waals surface area contributed by atoms with E-state index in [0.29, 0.717) is 30.1 Å². The van der Waals surface area contributed by atoms with Crippen LogP contribution < -0.4 is 0 Å². The zero-order valence-electron chi connectivity index (χ0n) is 13.4. The van der Waals surface area contributed by atoms with Gasteiger partial charge in [-0.2, -0.15) is 0 Å². The quantitative estimate of drug-likeness (QED) is 0.545. The smallest absolute Gasteiger partial charge is 0.306 e. The van der Waals surface area contributed by atoms with Gasteiger partial charge in [-0.3, -0.25) is 4.79 Å². The van der Waals surface area contributed by atoms with Crippen LogP contribution >= 0.6 is 0 Å². The van der Waals surface area contributed by atoms with Gasteiger partial charge in [0, 0.05) is 6.42 Å². The molecule has 1 heterocycles. The lowest BCUT2D eigenvalue weighted by molar-refractivity contribution is -0.145. The second-order valence-corrected chi connectivity index (χ2v) is 5.39. The Kier molecular flexibility index (Phi) is 6.35. The molecule has 0 unspecified atom stereocenters. The highest BCUT2D eigenvalue weighted by Crippen LogP contribution is 2.25. The van der Waals surface area contributed by atoms with Crippen molar-refractivity contribution in [2.45, 2.75) is 32.8 Å². The number of aryl methyl sites for hydroxylation is 1. The van der Waals surface area contributed by atoms with Gasteiger partial charge in [0.1, 0.15) is 23.9 Å². The minimum atomic E-state index is -0.335.